The molecule has 0 radical (unpaired) electrons. The summed E-state index contributed by atoms with van der Waals surface area (Å²) in [6.07, 6.45) is 0. The van der Waals surface area contributed by atoms with Crippen molar-refractivity contribution in [2.75, 3.05) is 0 Å². The van der Waals surface area contributed by atoms with Gasteiger partial charge in [0.05, 0.1) is 6.04 Å². The summed E-state index contributed by atoms with van der Waals surface area (Å²) in [5, 5.41) is 0. The second-order valence-electron chi connectivity index (χ2n) is 5.24. The van der Waals surface area contributed by atoms with Crippen molar-refractivity contribution in [2.45, 2.75) is 33.7 Å². The monoisotopic (exact) mass is 317 g/mol. The van der Waals surface area contributed by atoms with Crippen LogP contribution >= 0.6 is 15.9 Å². The van der Waals surface area contributed by atoms with Crippen molar-refractivity contribution < 1.29 is 0 Å². The molecular weight excluding hydrogens is 298 g/mol. The normalized spacial score (nSPS) is 12.5. The zero-order valence-corrected chi connectivity index (χ0v) is 13.5. The zero-order chi connectivity index (χ0) is 14.2. The fourth-order valence-electron chi connectivity index (χ4n) is 2.45. The van der Waals surface area contributed by atoms with Gasteiger partial charge in [-0.15, -0.1) is 0 Å². The maximum absolute atomic E-state index is 6.46. The minimum Gasteiger partial charge on any atom is -0.320 e. The van der Waals surface area contributed by atoms with Crippen LogP contribution in [0.4, 0.5) is 0 Å². The van der Waals surface area contributed by atoms with E-state index in [0.717, 1.165) is 0 Å². The van der Waals surface area contributed by atoms with E-state index in [1.54, 1.807) is 0 Å². The first-order valence-corrected chi connectivity index (χ1v) is 7.29. The molecular formula is C17H20BrN. The number of halogens is 1. The lowest BCUT2D eigenvalue weighted by Gasteiger charge is -2.18. The second-order valence-corrected chi connectivity index (χ2v) is 6.03. The summed E-state index contributed by atoms with van der Waals surface area (Å²) in [5.74, 6) is 0. The summed E-state index contributed by atoms with van der Waals surface area (Å²) < 4.78 is 1.17. The molecule has 0 saturated heterocycles. The SMILES string of the molecule is Cc1cccc(C(N)c2cc(C)c(Br)c(C)c2)c1C. The molecule has 0 aromatic heterocycles. The van der Waals surface area contributed by atoms with Gasteiger partial charge in [-0.2, -0.15) is 0 Å². The van der Waals surface area contributed by atoms with Crippen LogP contribution in [0.5, 0.6) is 0 Å². The van der Waals surface area contributed by atoms with Gasteiger partial charge in [0.25, 0.3) is 0 Å². The number of benzene rings is 2. The third-order valence-corrected chi connectivity index (χ3v) is 5.05. The second kappa shape index (κ2) is 5.48. The minimum atomic E-state index is -0.0644. The number of aryl methyl sites for hydroxylation is 3. The van der Waals surface area contributed by atoms with Crippen LogP contribution in [0, 0.1) is 27.7 Å². The highest BCUT2D eigenvalue weighted by molar-refractivity contribution is 9.10. The Hall–Kier alpha value is -1.12. The van der Waals surface area contributed by atoms with Crippen LogP contribution in [0.25, 0.3) is 0 Å². The van der Waals surface area contributed by atoms with Gasteiger partial charge < -0.3 is 5.73 Å². The van der Waals surface area contributed by atoms with Crippen molar-refractivity contribution >= 4 is 15.9 Å². The highest BCUT2D eigenvalue weighted by Crippen LogP contribution is 2.29. The van der Waals surface area contributed by atoms with Crippen molar-refractivity contribution in [1.29, 1.82) is 0 Å². The smallest absolute Gasteiger partial charge is 0.0554 e. The maximum atomic E-state index is 6.46. The third-order valence-electron chi connectivity index (χ3n) is 3.80. The number of hydrogen-bond donors (Lipinski definition) is 1. The van der Waals surface area contributed by atoms with Crippen molar-refractivity contribution in [1.82, 2.24) is 0 Å². The fourth-order valence-corrected chi connectivity index (χ4v) is 2.68. The average molecular weight is 318 g/mol. The average Bonchev–Trinajstić information content (AvgIpc) is 2.38. The van der Waals surface area contributed by atoms with Gasteiger partial charge in [-0.25, -0.2) is 0 Å². The molecule has 2 aromatic rings. The van der Waals surface area contributed by atoms with E-state index in [4.69, 9.17) is 5.73 Å². The highest BCUT2D eigenvalue weighted by Gasteiger charge is 2.14. The van der Waals surface area contributed by atoms with Crippen molar-refractivity contribution in [3.8, 4) is 0 Å². The molecule has 19 heavy (non-hydrogen) atoms. The predicted octanol–water partition coefficient (Wildman–Crippen LogP) is 4.73. The molecule has 2 aromatic carbocycles. The summed E-state index contributed by atoms with van der Waals surface area (Å²) in [5.41, 5.74) is 13.9. The highest BCUT2D eigenvalue weighted by atomic mass is 79.9. The molecule has 0 heterocycles. The lowest BCUT2D eigenvalue weighted by Crippen LogP contribution is -2.14. The van der Waals surface area contributed by atoms with E-state index in [1.807, 2.05) is 0 Å². The minimum absolute atomic E-state index is 0.0644. The summed E-state index contributed by atoms with van der Waals surface area (Å²) in [6.45, 7) is 8.49. The molecule has 0 aliphatic carbocycles. The summed E-state index contributed by atoms with van der Waals surface area (Å²) in [6, 6.07) is 10.6. The van der Waals surface area contributed by atoms with E-state index in [1.165, 1.54) is 37.9 Å². The van der Waals surface area contributed by atoms with Crippen LogP contribution < -0.4 is 5.73 Å². The molecule has 0 fully saturated rings. The van der Waals surface area contributed by atoms with Crippen LogP contribution in [-0.4, -0.2) is 0 Å². The van der Waals surface area contributed by atoms with E-state index < -0.39 is 0 Å². The molecule has 0 spiro atoms. The van der Waals surface area contributed by atoms with E-state index >= 15 is 0 Å². The molecule has 1 nitrogen and oxygen atoms in total. The summed E-state index contributed by atoms with van der Waals surface area (Å²) >= 11 is 3.60. The first-order valence-electron chi connectivity index (χ1n) is 6.50. The Morgan fingerprint density at radius 3 is 2.11 bits per heavy atom. The van der Waals surface area contributed by atoms with Crippen LogP contribution in [0.1, 0.15) is 39.4 Å². The largest absolute Gasteiger partial charge is 0.320 e. The standard InChI is InChI=1S/C17H20BrN/c1-10-6-5-7-15(13(10)4)17(19)14-8-11(2)16(18)12(3)9-14/h5-9,17H,19H2,1-4H3. The van der Waals surface area contributed by atoms with E-state index in [9.17, 15) is 0 Å². The zero-order valence-electron chi connectivity index (χ0n) is 11.9. The Balaban J connectivity index is 2.50. The Kier molecular flexibility index (Phi) is 4.12. The molecule has 2 rings (SSSR count). The van der Waals surface area contributed by atoms with Gasteiger partial charge in [-0.3, -0.25) is 0 Å². The summed E-state index contributed by atoms with van der Waals surface area (Å²) in [7, 11) is 0. The third kappa shape index (κ3) is 2.75. The topological polar surface area (TPSA) is 26.0 Å². The maximum Gasteiger partial charge on any atom is 0.0554 e. The molecule has 0 saturated carbocycles. The molecule has 0 bridgehead atoms. The van der Waals surface area contributed by atoms with Crippen molar-refractivity contribution in [3.63, 3.8) is 0 Å². The van der Waals surface area contributed by atoms with Crippen LogP contribution in [0.2, 0.25) is 0 Å². The quantitative estimate of drug-likeness (QED) is 0.851. The van der Waals surface area contributed by atoms with Crippen molar-refractivity contribution in [2.24, 2.45) is 5.73 Å². The summed E-state index contributed by atoms with van der Waals surface area (Å²) in [4.78, 5) is 0. The molecule has 100 valence electrons. The van der Waals surface area contributed by atoms with Crippen LogP contribution in [0.15, 0.2) is 34.8 Å². The van der Waals surface area contributed by atoms with E-state index in [0.29, 0.717) is 0 Å². The number of rotatable bonds is 2. The van der Waals surface area contributed by atoms with Crippen molar-refractivity contribution in [3.05, 3.63) is 68.2 Å². The van der Waals surface area contributed by atoms with Gasteiger partial charge >= 0.3 is 0 Å². The van der Waals surface area contributed by atoms with Gasteiger partial charge in [0.15, 0.2) is 0 Å². The van der Waals surface area contributed by atoms with E-state index in [-0.39, 0.29) is 6.04 Å². The molecule has 0 aliphatic heterocycles. The van der Waals surface area contributed by atoms with Gasteiger partial charge in [0, 0.05) is 4.47 Å². The van der Waals surface area contributed by atoms with Gasteiger partial charge in [0.1, 0.15) is 0 Å². The number of nitrogens with two attached hydrogens (primary N) is 1. The predicted molar refractivity (Wildman–Crippen MR) is 85.6 cm³/mol. The number of hydrogen-bond acceptors (Lipinski definition) is 1. The lowest BCUT2D eigenvalue weighted by molar-refractivity contribution is 0.855. The molecule has 1 atom stereocenters. The molecule has 0 amide bonds. The Bertz CT molecular complexity index is 594. The first-order chi connectivity index (χ1) is 8.91. The van der Waals surface area contributed by atoms with Crippen LogP contribution in [-0.2, 0) is 0 Å². The Morgan fingerprint density at radius 1 is 0.947 bits per heavy atom. The molecule has 1 unspecified atom stereocenters. The van der Waals surface area contributed by atoms with E-state index in [2.05, 4.69) is 74.0 Å². The van der Waals surface area contributed by atoms with Gasteiger partial charge in [-0.05, 0) is 61.1 Å². The molecule has 2 N–H and O–H groups in total. The molecule has 2 heteroatoms. The Labute approximate surface area is 124 Å². The van der Waals surface area contributed by atoms with Gasteiger partial charge in [0.2, 0.25) is 0 Å². The van der Waals surface area contributed by atoms with Crippen LogP contribution in [0.3, 0.4) is 0 Å². The first kappa shape index (κ1) is 14.3. The molecule has 0 aliphatic rings. The lowest BCUT2D eigenvalue weighted by atomic mass is 9.92. The van der Waals surface area contributed by atoms with Gasteiger partial charge in [-0.1, -0.05) is 46.3 Å². The Morgan fingerprint density at radius 2 is 1.53 bits per heavy atom. The fraction of sp³-hybridized carbons (Fsp3) is 0.294.